The molecule has 0 radical (unpaired) electrons. The zero-order valence-corrected chi connectivity index (χ0v) is 17.1. The lowest BCUT2D eigenvalue weighted by Gasteiger charge is -2.24. The monoisotopic (exact) mass is 406 g/mol. The smallest absolute Gasteiger partial charge is 0.253 e. The number of amides is 1. The highest BCUT2D eigenvalue weighted by molar-refractivity contribution is 7.90. The van der Waals surface area contributed by atoms with Crippen molar-refractivity contribution in [3.8, 4) is 0 Å². The van der Waals surface area contributed by atoms with Crippen molar-refractivity contribution in [3.05, 3.63) is 58.6 Å². The van der Waals surface area contributed by atoms with Crippen LogP contribution in [0.2, 0.25) is 5.02 Å². The van der Waals surface area contributed by atoms with Gasteiger partial charge in [-0.1, -0.05) is 29.3 Å². The molecular weight excluding hydrogens is 384 g/mol. The number of carbonyl (C=O) groups is 1. The maximum absolute atomic E-state index is 12.9. The summed E-state index contributed by atoms with van der Waals surface area (Å²) in [4.78, 5) is 16.9. The Bertz CT molecular complexity index is 942. The van der Waals surface area contributed by atoms with Crippen molar-refractivity contribution in [2.75, 3.05) is 37.3 Å². The van der Waals surface area contributed by atoms with Crippen molar-refractivity contribution in [1.29, 1.82) is 0 Å². The van der Waals surface area contributed by atoms with E-state index in [0.29, 0.717) is 18.7 Å². The molecule has 0 aliphatic carbocycles. The van der Waals surface area contributed by atoms with Gasteiger partial charge in [-0.3, -0.25) is 4.79 Å². The van der Waals surface area contributed by atoms with Crippen LogP contribution in [-0.2, 0) is 9.84 Å². The first kappa shape index (κ1) is 19.7. The van der Waals surface area contributed by atoms with Crippen LogP contribution < -0.4 is 4.90 Å². The Kier molecular flexibility index (Phi) is 5.77. The van der Waals surface area contributed by atoms with Gasteiger partial charge in [0, 0.05) is 43.7 Å². The van der Waals surface area contributed by atoms with E-state index in [1.807, 2.05) is 0 Å². The SMILES string of the molecule is Cc1ccc(N2CCCN(C(=O)c3ccc(Cl)c(S(C)(=O)=O)c3)CC2)cc1. The van der Waals surface area contributed by atoms with Gasteiger partial charge in [-0.05, 0) is 43.7 Å². The van der Waals surface area contributed by atoms with Crippen molar-refractivity contribution < 1.29 is 13.2 Å². The highest BCUT2D eigenvalue weighted by Crippen LogP contribution is 2.24. The minimum atomic E-state index is -3.49. The fourth-order valence-electron chi connectivity index (χ4n) is 3.24. The molecule has 3 rings (SSSR count). The molecule has 1 aliphatic rings. The molecule has 0 atom stereocenters. The molecular formula is C20H23ClN2O3S. The van der Waals surface area contributed by atoms with E-state index >= 15 is 0 Å². The third kappa shape index (κ3) is 4.62. The summed E-state index contributed by atoms with van der Waals surface area (Å²) in [5.74, 6) is -0.165. The third-order valence-corrected chi connectivity index (χ3v) is 6.34. The summed E-state index contributed by atoms with van der Waals surface area (Å²) in [5.41, 5.74) is 2.72. The minimum absolute atomic E-state index is 0.00822. The number of carbonyl (C=O) groups excluding carboxylic acids is 1. The standard InChI is InChI=1S/C20H23ClN2O3S/c1-15-4-7-17(8-5-15)22-10-3-11-23(13-12-22)20(24)16-6-9-18(21)19(14-16)27(2,25)26/h4-9,14H,3,10-13H2,1-2H3. The summed E-state index contributed by atoms with van der Waals surface area (Å²) in [5, 5.41) is 0.135. The van der Waals surface area contributed by atoms with Crippen molar-refractivity contribution in [3.63, 3.8) is 0 Å². The van der Waals surface area contributed by atoms with E-state index in [9.17, 15) is 13.2 Å². The number of halogens is 1. The number of anilines is 1. The first-order valence-electron chi connectivity index (χ1n) is 8.86. The predicted octanol–water partition coefficient (Wildman–Crippen LogP) is 3.40. The van der Waals surface area contributed by atoms with E-state index in [-0.39, 0.29) is 15.8 Å². The van der Waals surface area contributed by atoms with Gasteiger partial charge in [0.1, 0.15) is 0 Å². The van der Waals surface area contributed by atoms with Gasteiger partial charge in [0.2, 0.25) is 0 Å². The molecule has 0 N–H and O–H groups in total. The fourth-order valence-corrected chi connectivity index (χ4v) is 4.54. The fraction of sp³-hybridized carbons (Fsp3) is 0.350. The molecule has 2 aromatic rings. The molecule has 0 aromatic heterocycles. The Hall–Kier alpha value is -2.05. The highest BCUT2D eigenvalue weighted by Gasteiger charge is 2.22. The zero-order valence-electron chi connectivity index (χ0n) is 15.5. The Balaban J connectivity index is 1.76. The molecule has 144 valence electrons. The van der Waals surface area contributed by atoms with Gasteiger partial charge >= 0.3 is 0 Å². The van der Waals surface area contributed by atoms with Crippen LogP contribution in [0, 0.1) is 6.92 Å². The van der Waals surface area contributed by atoms with Crippen LogP contribution in [0.4, 0.5) is 5.69 Å². The molecule has 7 heteroatoms. The van der Waals surface area contributed by atoms with Gasteiger partial charge in [0.25, 0.3) is 5.91 Å². The number of hydrogen-bond acceptors (Lipinski definition) is 4. The number of sulfone groups is 1. The van der Waals surface area contributed by atoms with Crippen molar-refractivity contribution in [2.45, 2.75) is 18.2 Å². The van der Waals surface area contributed by atoms with Crippen LogP contribution in [0.15, 0.2) is 47.4 Å². The summed E-state index contributed by atoms with van der Waals surface area (Å²) >= 11 is 5.98. The molecule has 1 heterocycles. The number of benzene rings is 2. The Morgan fingerprint density at radius 2 is 1.70 bits per heavy atom. The second-order valence-electron chi connectivity index (χ2n) is 6.89. The molecule has 0 saturated carbocycles. The lowest BCUT2D eigenvalue weighted by atomic mass is 10.2. The molecule has 5 nitrogen and oxygen atoms in total. The van der Waals surface area contributed by atoms with Crippen LogP contribution in [0.5, 0.6) is 0 Å². The number of nitrogens with zero attached hydrogens (tertiary/aromatic N) is 2. The molecule has 0 bridgehead atoms. The van der Waals surface area contributed by atoms with Gasteiger partial charge in [0.05, 0.1) is 9.92 Å². The molecule has 1 amide bonds. The third-order valence-electron chi connectivity index (χ3n) is 4.76. The maximum atomic E-state index is 12.9. The highest BCUT2D eigenvalue weighted by atomic mass is 35.5. The second-order valence-corrected chi connectivity index (χ2v) is 9.28. The molecule has 1 aliphatic heterocycles. The van der Waals surface area contributed by atoms with E-state index in [1.54, 1.807) is 11.0 Å². The topological polar surface area (TPSA) is 57.7 Å². The molecule has 2 aromatic carbocycles. The van der Waals surface area contributed by atoms with Gasteiger partial charge in [-0.15, -0.1) is 0 Å². The van der Waals surface area contributed by atoms with Crippen molar-refractivity contribution >= 4 is 33.0 Å². The van der Waals surface area contributed by atoms with Crippen molar-refractivity contribution in [2.24, 2.45) is 0 Å². The van der Waals surface area contributed by atoms with Gasteiger partial charge in [-0.2, -0.15) is 0 Å². The number of hydrogen-bond donors (Lipinski definition) is 0. The van der Waals surface area contributed by atoms with Crippen LogP contribution in [0.3, 0.4) is 0 Å². The summed E-state index contributed by atoms with van der Waals surface area (Å²) in [6.07, 6.45) is 1.94. The second kappa shape index (κ2) is 7.90. The summed E-state index contributed by atoms with van der Waals surface area (Å²) in [6.45, 7) is 4.90. The largest absolute Gasteiger partial charge is 0.370 e. The molecule has 27 heavy (non-hydrogen) atoms. The van der Waals surface area contributed by atoms with E-state index in [0.717, 1.165) is 31.5 Å². The van der Waals surface area contributed by atoms with E-state index in [2.05, 4.69) is 36.1 Å². The quantitative estimate of drug-likeness (QED) is 0.783. The molecule has 1 saturated heterocycles. The van der Waals surface area contributed by atoms with Gasteiger partial charge in [0.15, 0.2) is 9.84 Å². The van der Waals surface area contributed by atoms with Crippen LogP contribution >= 0.6 is 11.6 Å². The maximum Gasteiger partial charge on any atom is 0.253 e. The number of aryl methyl sites for hydroxylation is 1. The van der Waals surface area contributed by atoms with E-state index in [1.165, 1.54) is 17.7 Å². The first-order chi connectivity index (χ1) is 12.8. The van der Waals surface area contributed by atoms with E-state index < -0.39 is 9.84 Å². The predicted molar refractivity (Wildman–Crippen MR) is 108 cm³/mol. The van der Waals surface area contributed by atoms with Gasteiger partial charge < -0.3 is 9.80 Å². The average molecular weight is 407 g/mol. The minimum Gasteiger partial charge on any atom is -0.370 e. The summed E-state index contributed by atoms with van der Waals surface area (Å²) < 4.78 is 23.7. The summed E-state index contributed by atoms with van der Waals surface area (Å²) in [7, 11) is -3.49. The Labute approximate surface area is 165 Å². The summed E-state index contributed by atoms with van der Waals surface area (Å²) in [6, 6.07) is 12.8. The lowest BCUT2D eigenvalue weighted by molar-refractivity contribution is 0.0767. The van der Waals surface area contributed by atoms with Crippen LogP contribution in [0.25, 0.3) is 0 Å². The van der Waals surface area contributed by atoms with Crippen molar-refractivity contribution in [1.82, 2.24) is 4.90 Å². The average Bonchev–Trinajstić information content (AvgIpc) is 2.87. The normalized spacial score (nSPS) is 15.5. The molecule has 0 spiro atoms. The van der Waals surface area contributed by atoms with Crippen LogP contribution in [0.1, 0.15) is 22.3 Å². The Morgan fingerprint density at radius 1 is 1.00 bits per heavy atom. The number of rotatable bonds is 3. The zero-order chi connectivity index (χ0) is 19.6. The molecule has 1 fully saturated rings. The van der Waals surface area contributed by atoms with E-state index in [4.69, 9.17) is 11.6 Å². The van der Waals surface area contributed by atoms with Gasteiger partial charge in [-0.25, -0.2) is 8.42 Å². The lowest BCUT2D eigenvalue weighted by Crippen LogP contribution is -2.35. The first-order valence-corrected chi connectivity index (χ1v) is 11.1. The van der Waals surface area contributed by atoms with Crippen LogP contribution in [-0.4, -0.2) is 51.7 Å². The Morgan fingerprint density at radius 3 is 2.37 bits per heavy atom. The molecule has 0 unspecified atom stereocenters.